The second-order valence-corrected chi connectivity index (χ2v) is 5.11. The van der Waals surface area contributed by atoms with Crippen molar-refractivity contribution in [2.45, 2.75) is 19.3 Å². The van der Waals surface area contributed by atoms with Crippen LogP contribution < -0.4 is 4.74 Å². The molecule has 0 bridgehead atoms. The summed E-state index contributed by atoms with van der Waals surface area (Å²) in [5, 5.41) is 8.65. The predicted octanol–water partition coefficient (Wildman–Crippen LogP) is 1.56. The van der Waals surface area contributed by atoms with Crippen molar-refractivity contribution in [2.24, 2.45) is 5.92 Å². The molecule has 0 aliphatic carbocycles. The number of carboxylic acid groups (broad SMARTS) is 1. The van der Waals surface area contributed by atoms with E-state index in [1.807, 2.05) is 24.3 Å². The molecule has 5 heteroatoms. The van der Waals surface area contributed by atoms with Gasteiger partial charge in [-0.15, -0.1) is 0 Å². The summed E-state index contributed by atoms with van der Waals surface area (Å²) in [5.41, 5.74) is 1.10. The van der Waals surface area contributed by atoms with Crippen LogP contribution in [0.4, 0.5) is 0 Å². The Hall–Kier alpha value is -2.04. The molecule has 2 rings (SSSR count). The van der Waals surface area contributed by atoms with Gasteiger partial charge in [-0.1, -0.05) is 12.1 Å². The molecule has 108 valence electrons. The molecule has 1 fully saturated rings. The van der Waals surface area contributed by atoms with Crippen molar-refractivity contribution >= 4 is 11.9 Å². The van der Waals surface area contributed by atoms with Crippen LogP contribution in [0.25, 0.3) is 0 Å². The molecular weight excluding hydrogens is 258 g/mol. The average molecular weight is 277 g/mol. The minimum atomic E-state index is -0.791. The van der Waals surface area contributed by atoms with Gasteiger partial charge in [0.1, 0.15) is 5.75 Å². The van der Waals surface area contributed by atoms with E-state index >= 15 is 0 Å². The van der Waals surface area contributed by atoms with Gasteiger partial charge in [0, 0.05) is 25.4 Å². The van der Waals surface area contributed by atoms with Gasteiger partial charge >= 0.3 is 5.97 Å². The number of amides is 1. The number of benzene rings is 1. The lowest BCUT2D eigenvalue weighted by Gasteiger charge is -2.38. The zero-order valence-electron chi connectivity index (χ0n) is 11.5. The number of nitrogens with zero attached hydrogens (tertiary/aromatic N) is 1. The van der Waals surface area contributed by atoms with Crippen LogP contribution in [0.1, 0.15) is 18.4 Å². The summed E-state index contributed by atoms with van der Waals surface area (Å²) in [6.07, 6.45) is 1.32. The lowest BCUT2D eigenvalue weighted by molar-refractivity contribution is -0.145. The maximum atomic E-state index is 11.9. The highest BCUT2D eigenvalue weighted by Gasteiger charge is 2.31. The smallest absolute Gasteiger partial charge is 0.303 e. The molecular formula is C15H19NO4. The first kappa shape index (κ1) is 14.4. The van der Waals surface area contributed by atoms with Crippen LogP contribution in [0, 0.1) is 5.92 Å². The Labute approximate surface area is 118 Å². The van der Waals surface area contributed by atoms with E-state index in [0.29, 0.717) is 25.9 Å². The number of rotatable bonds is 6. The van der Waals surface area contributed by atoms with Crippen molar-refractivity contribution in [2.75, 3.05) is 20.2 Å². The van der Waals surface area contributed by atoms with Gasteiger partial charge in [0.25, 0.3) is 0 Å². The molecule has 0 aromatic heterocycles. The third-order valence-corrected chi connectivity index (χ3v) is 3.56. The van der Waals surface area contributed by atoms with Crippen LogP contribution in [-0.4, -0.2) is 42.1 Å². The second kappa shape index (κ2) is 6.41. The molecule has 1 aromatic carbocycles. The van der Waals surface area contributed by atoms with E-state index in [2.05, 4.69) is 0 Å². The Morgan fingerprint density at radius 3 is 2.50 bits per heavy atom. The number of methoxy groups -OCH3 is 1. The lowest BCUT2D eigenvalue weighted by Crippen LogP contribution is -2.50. The van der Waals surface area contributed by atoms with Gasteiger partial charge in [-0.25, -0.2) is 0 Å². The highest BCUT2D eigenvalue weighted by molar-refractivity contribution is 5.77. The molecule has 0 saturated carbocycles. The number of aliphatic carboxylic acids is 1. The topological polar surface area (TPSA) is 66.8 Å². The predicted molar refractivity (Wildman–Crippen MR) is 73.6 cm³/mol. The fraction of sp³-hybridized carbons (Fsp3) is 0.467. The zero-order valence-corrected chi connectivity index (χ0v) is 11.5. The maximum Gasteiger partial charge on any atom is 0.303 e. The minimum absolute atomic E-state index is 0.0995. The number of hydrogen-bond acceptors (Lipinski definition) is 3. The van der Waals surface area contributed by atoms with E-state index in [-0.39, 0.29) is 18.2 Å². The lowest BCUT2D eigenvalue weighted by atomic mass is 9.95. The van der Waals surface area contributed by atoms with Crippen LogP contribution in [0.5, 0.6) is 5.75 Å². The maximum absolute atomic E-state index is 11.9. The standard InChI is InChI=1S/C15H19NO4/c1-20-13-5-2-11(3-6-13)4-7-14(17)16-9-12(10-16)8-15(18)19/h2-3,5-6,12H,4,7-10H2,1H3,(H,18,19). The number of carbonyl (C=O) groups excluding carboxylic acids is 1. The van der Waals surface area contributed by atoms with Gasteiger partial charge < -0.3 is 14.7 Å². The molecule has 1 aliphatic heterocycles. The number of hydrogen-bond donors (Lipinski definition) is 1. The average Bonchev–Trinajstić information content (AvgIpc) is 2.40. The van der Waals surface area contributed by atoms with Crippen molar-refractivity contribution in [3.63, 3.8) is 0 Å². The van der Waals surface area contributed by atoms with E-state index < -0.39 is 5.97 Å². The Kier molecular flexibility index (Phi) is 4.61. The van der Waals surface area contributed by atoms with E-state index in [1.165, 1.54) is 0 Å². The largest absolute Gasteiger partial charge is 0.497 e. The highest BCUT2D eigenvalue weighted by Crippen LogP contribution is 2.20. The van der Waals surface area contributed by atoms with Crippen molar-refractivity contribution in [1.82, 2.24) is 4.90 Å². The summed E-state index contributed by atoms with van der Waals surface area (Å²) in [5.74, 6) is 0.236. The third-order valence-electron chi connectivity index (χ3n) is 3.56. The first-order valence-corrected chi connectivity index (χ1v) is 6.71. The second-order valence-electron chi connectivity index (χ2n) is 5.11. The highest BCUT2D eigenvalue weighted by atomic mass is 16.5. The quantitative estimate of drug-likeness (QED) is 0.857. The summed E-state index contributed by atoms with van der Waals surface area (Å²) >= 11 is 0. The number of ether oxygens (including phenoxy) is 1. The molecule has 1 N–H and O–H groups in total. The summed E-state index contributed by atoms with van der Waals surface area (Å²) in [4.78, 5) is 24.2. The Balaban J connectivity index is 1.72. The van der Waals surface area contributed by atoms with Gasteiger partial charge in [0.15, 0.2) is 0 Å². The molecule has 5 nitrogen and oxygen atoms in total. The Morgan fingerprint density at radius 1 is 1.30 bits per heavy atom. The molecule has 0 unspecified atom stereocenters. The fourth-order valence-electron chi connectivity index (χ4n) is 2.35. The zero-order chi connectivity index (χ0) is 14.5. The fourth-order valence-corrected chi connectivity index (χ4v) is 2.35. The van der Waals surface area contributed by atoms with E-state index in [9.17, 15) is 9.59 Å². The van der Waals surface area contributed by atoms with Crippen molar-refractivity contribution < 1.29 is 19.4 Å². The first-order chi connectivity index (χ1) is 9.58. The molecule has 0 spiro atoms. The summed E-state index contributed by atoms with van der Waals surface area (Å²) in [7, 11) is 1.62. The van der Waals surface area contributed by atoms with E-state index in [0.717, 1.165) is 11.3 Å². The van der Waals surface area contributed by atoms with Crippen LogP contribution in [0.2, 0.25) is 0 Å². The van der Waals surface area contributed by atoms with Gasteiger partial charge in [-0.05, 0) is 24.1 Å². The Morgan fingerprint density at radius 2 is 1.95 bits per heavy atom. The number of carboxylic acids is 1. The third kappa shape index (κ3) is 3.73. The number of likely N-dealkylation sites (tertiary alicyclic amines) is 1. The van der Waals surface area contributed by atoms with Crippen molar-refractivity contribution in [3.8, 4) is 5.75 Å². The molecule has 1 heterocycles. The molecule has 1 saturated heterocycles. The SMILES string of the molecule is COc1ccc(CCC(=O)N2CC(CC(=O)O)C2)cc1. The molecule has 1 aliphatic rings. The van der Waals surface area contributed by atoms with Gasteiger partial charge in [0.05, 0.1) is 13.5 Å². The van der Waals surface area contributed by atoms with Crippen LogP contribution in [0.3, 0.4) is 0 Å². The summed E-state index contributed by atoms with van der Waals surface area (Å²) in [6, 6.07) is 7.67. The number of aryl methyl sites for hydroxylation is 1. The molecule has 0 atom stereocenters. The van der Waals surface area contributed by atoms with Gasteiger partial charge in [-0.2, -0.15) is 0 Å². The number of carbonyl (C=O) groups is 2. The molecule has 1 aromatic rings. The molecule has 1 amide bonds. The van der Waals surface area contributed by atoms with Crippen LogP contribution in [0.15, 0.2) is 24.3 Å². The molecule has 0 radical (unpaired) electrons. The monoisotopic (exact) mass is 277 g/mol. The van der Waals surface area contributed by atoms with Crippen LogP contribution in [-0.2, 0) is 16.0 Å². The van der Waals surface area contributed by atoms with Gasteiger partial charge in [-0.3, -0.25) is 9.59 Å². The van der Waals surface area contributed by atoms with Gasteiger partial charge in [0.2, 0.25) is 5.91 Å². The van der Waals surface area contributed by atoms with E-state index in [4.69, 9.17) is 9.84 Å². The summed E-state index contributed by atoms with van der Waals surface area (Å²) in [6.45, 7) is 1.15. The van der Waals surface area contributed by atoms with Crippen molar-refractivity contribution in [1.29, 1.82) is 0 Å². The van der Waals surface area contributed by atoms with Crippen molar-refractivity contribution in [3.05, 3.63) is 29.8 Å². The normalized spacial score (nSPS) is 14.8. The summed E-state index contributed by atoms with van der Waals surface area (Å²) < 4.78 is 5.08. The van der Waals surface area contributed by atoms with E-state index in [1.54, 1.807) is 12.0 Å². The molecule has 20 heavy (non-hydrogen) atoms. The Bertz CT molecular complexity index is 477. The first-order valence-electron chi connectivity index (χ1n) is 6.71. The van der Waals surface area contributed by atoms with Crippen LogP contribution >= 0.6 is 0 Å². The minimum Gasteiger partial charge on any atom is -0.497 e.